The molecule has 0 amide bonds. The van der Waals surface area contributed by atoms with Crippen molar-refractivity contribution in [2.75, 3.05) is 9.80 Å². The smallest absolute Gasteiger partial charge is 0.0541 e. The van der Waals surface area contributed by atoms with Gasteiger partial charge in [-0.15, -0.1) is 0 Å². The standard InChI is InChI=1S/C82H78N4/c1-79(2,3)59-34-46-75-71(50-59)72-51-60(80(4,5)6)35-47-76(72)85(75)67-42-30-57(31-43-67)55-26-38-65(39-27-55)83(63-20-15-13-16-21-63)69-24-19-25-70(54-69)84(64-22-17-14-18-23-64)66-40-28-56(29-41-66)58-32-44-68(45-33-58)86-77-48-36-61(81(7,8)9)52-73(77)74-53-62(82(10,11)12)37-49-78(74)86/h13-54H,1-12H3. The van der Waals surface area contributed by atoms with Crippen molar-refractivity contribution in [2.24, 2.45) is 0 Å². The molecule has 0 aliphatic heterocycles. The van der Waals surface area contributed by atoms with Crippen LogP contribution < -0.4 is 9.80 Å². The number of hydrogen-bond donors (Lipinski definition) is 0. The van der Waals surface area contributed by atoms with Gasteiger partial charge < -0.3 is 18.9 Å². The Labute approximate surface area is 509 Å². The van der Waals surface area contributed by atoms with Crippen LogP contribution in [-0.2, 0) is 21.7 Å². The molecule has 11 aromatic carbocycles. The van der Waals surface area contributed by atoms with E-state index in [1.54, 1.807) is 0 Å². The van der Waals surface area contributed by atoms with E-state index in [0.29, 0.717) is 0 Å². The van der Waals surface area contributed by atoms with Gasteiger partial charge in [0.25, 0.3) is 0 Å². The molecular weight excluding hydrogens is 1040 g/mol. The van der Waals surface area contributed by atoms with Crippen molar-refractivity contribution < 1.29 is 0 Å². The molecule has 4 heteroatoms. The molecule has 0 radical (unpaired) electrons. The molecule has 0 bridgehead atoms. The molecule has 13 aromatic rings. The minimum atomic E-state index is 0.0474. The number of hydrogen-bond acceptors (Lipinski definition) is 2. The highest BCUT2D eigenvalue weighted by molar-refractivity contribution is 6.11. The van der Waals surface area contributed by atoms with Crippen molar-refractivity contribution in [1.82, 2.24) is 9.13 Å². The Morgan fingerprint density at radius 3 is 0.733 bits per heavy atom. The third-order valence-corrected chi connectivity index (χ3v) is 17.5. The van der Waals surface area contributed by atoms with Gasteiger partial charge in [-0.1, -0.05) is 198 Å². The van der Waals surface area contributed by atoms with E-state index in [-0.39, 0.29) is 21.7 Å². The molecule has 0 fully saturated rings. The average molecular weight is 1120 g/mol. The zero-order chi connectivity index (χ0) is 59.9. The quantitative estimate of drug-likeness (QED) is 0.136. The summed E-state index contributed by atoms with van der Waals surface area (Å²) in [5.74, 6) is 0. The fraction of sp³-hybridized carbons (Fsp3) is 0.195. The Balaban J connectivity index is 0.801. The predicted molar refractivity (Wildman–Crippen MR) is 370 cm³/mol. The summed E-state index contributed by atoms with van der Waals surface area (Å²) in [6, 6.07) is 94.7. The van der Waals surface area contributed by atoms with Gasteiger partial charge in [0.05, 0.1) is 22.1 Å². The second-order valence-electron chi connectivity index (χ2n) is 27.6. The van der Waals surface area contributed by atoms with E-state index in [9.17, 15) is 0 Å². The van der Waals surface area contributed by atoms with Crippen LogP contribution in [0.4, 0.5) is 34.1 Å². The molecule has 426 valence electrons. The largest absolute Gasteiger partial charge is 0.310 e. The first-order valence-corrected chi connectivity index (χ1v) is 30.6. The molecule has 2 heterocycles. The summed E-state index contributed by atoms with van der Waals surface area (Å²) in [6.45, 7) is 27.6. The maximum Gasteiger partial charge on any atom is 0.0541 e. The Hall–Kier alpha value is -9.38. The first-order chi connectivity index (χ1) is 41.2. The van der Waals surface area contributed by atoms with E-state index in [2.05, 4.69) is 357 Å². The molecule has 0 aliphatic carbocycles. The van der Waals surface area contributed by atoms with Crippen molar-refractivity contribution in [3.8, 4) is 33.6 Å². The van der Waals surface area contributed by atoms with Gasteiger partial charge in [-0.2, -0.15) is 0 Å². The van der Waals surface area contributed by atoms with Crippen LogP contribution in [0, 0.1) is 0 Å². The number of anilines is 6. The summed E-state index contributed by atoms with van der Waals surface area (Å²) in [4.78, 5) is 4.71. The van der Waals surface area contributed by atoms with Crippen LogP contribution in [0.25, 0.3) is 77.2 Å². The van der Waals surface area contributed by atoms with Gasteiger partial charge in [0.1, 0.15) is 0 Å². The van der Waals surface area contributed by atoms with Crippen LogP contribution in [0.2, 0.25) is 0 Å². The van der Waals surface area contributed by atoms with Crippen molar-refractivity contribution in [2.45, 2.75) is 105 Å². The van der Waals surface area contributed by atoms with Crippen molar-refractivity contribution in [1.29, 1.82) is 0 Å². The van der Waals surface area contributed by atoms with Crippen LogP contribution in [0.15, 0.2) is 255 Å². The fourth-order valence-electron chi connectivity index (χ4n) is 12.5. The topological polar surface area (TPSA) is 16.3 Å². The Morgan fingerprint density at radius 1 is 0.221 bits per heavy atom. The van der Waals surface area contributed by atoms with Gasteiger partial charge in [-0.05, 0) is 206 Å². The van der Waals surface area contributed by atoms with Gasteiger partial charge in [0.2, 0.25) is 0 Å². The summed E-state index contributed by atoms with van der Waals surface area (Å²) in [5.41, 5.74) is 23.9. The molecule has 0 saturated carbocycles. The highest BCUT2D eigenvalue weighted by Crippen LogP contribution is 2.44. The normalized spacial score (nSPS) is 12.4. The van der Waals surface area contributed by atoms with E-state index in [0.717, 1.165) is 56.6 Å². The highest BCUT2D eigenvalue weighted by Gasteiger charge is 2.24. The van der Waals surface area contributed by atoms with Crippen LogP contribution in [-0.4, -0.2) is 9.13 Å². The van der Waals surface area contributed by atoms with Crippen LogP contribution in [0.3, 0.4) is 0 Å². The van der Waals surface area contributed by atoms with E-state index < -0.39 is 0 Å². The molecule has 0 spiro atoms. The van der Waals surface area contributed by atoms with E-state index in [4.69, 9.17) is 0 Å². The number of para-hydroxylation sites is 2. The minimum Gasteiger partial charge on any atom is -0.310 e. The summed E-state index contributed by atoms with van der Waals surface area (Å²) < 4.78 is 4.87. The molecule has 13 rings (SSSR count). The molecule has 86 heavy (non-hydrogen) atoms. The highest BCUT2D eigenvalue weighted by atomic mass is 15.2. The molecule has 0 atom stereocenters. The molecule has 0 aliphatic rings. The Bertz CT molecular complexity index is 4170. The maximum absolute atomic E-state index is 2.44. The second kappa shape index (κ2) is 21.3. The lowest BCUT2D eigenvalue weighted by atomic mass is 9.85. The lowest BCUT2D eigenvalue weighted by Gasteiger charge is -2.29. The monoisotopic (exact) mass is 1120 g/mol. The summed E-state index contributed by atoms with van der Waals surface area (Å²) in [5, 5.41) is 5.20. The second-order valence-corrected chi connectivity index (χ2v) is 27.6. The lowest BCUT2D eigenvalue weighted by Crippen LogP contribution is -2.13. The molecule has 0 unspecified atom stereocenters. The molecule has 2 aromatic heterocycles. The lowest BCUT2D eigenvalue weighted by molar-refractivity contribution is 0.590. The minimum absolute atomic E-state index is 0.0474. The van der Waals surface area contributed by atoms with Crippen molar-refractivity contribution in [3.63, 3.8) is 0 Å². The zero-order valence-corrected chi connectivity index (χ0v) is 52.0. The fourth-order valence-corrected chi connectivity index (χ4v) is 12.5. The first kappa shape index (κ1) is 55.8. The number of benzene rings is 11. The Morgan fingerprint density at radius 2 is 0.465 bits per heavy atom. The number of aromatic nitrogens is 2. The molecule has 4 nitrogen and oxygen atoms in total. The van der Waals surface area contributed by atoms with E-state index in [1.807, 2.05) is 0 Å². The van der Waals surface area contributed by atoms with Crippen LogP contribution in [0.1, 0.15) is 105 Å². The number of nitrogens with zero attached hydrogens (tertiary/aromatic N) is 4. The number of rotatable bonds is 10. The third kappa shape index (κ3) is 10.5. The van der Waals surface area contributed by atoms with Gasteiger partial charge in [-0.3, -0.25) is 0 Å². The van der Waals surface area contributed by atoms with Gasteiger partial charge in [0, 0.05) is 67.0 Å². The van der Waals surface area contributed by atoms with Gasteiger partial charge in [-0.25, -0.2) is 0 Å². The zero-order valence-electron chi connectivity index (χ0n) is 52.0. The summed E-state index contributed by atoms with van der Waals surface area (Å²) >= 11 is 0. The predicted octanol–water partition coefficient (Wildman–Crippen LogP) is 23.3. The third-order valence-electron chi connectivity index (χ3n) is 17.5. The Kier molecular flexibility index (Phi) is 13.8. The first-order valence-electron chi connectivity index (χ1n) is 30.6. The maximum atomic E-state index is 2.44. The number of fused-ring (bicyclic) bond motifs is 6. The van der Waals surface area contributed by atoms with Gasteiger partial charge in [0.15, 0.2) is 0 Å². The van der Waals surface area contributed by atoms with Crippen LogP contribution in [0.5, 0.6) is 0 Å². The molecular formula is C82H78N4. The van der Waals surface area contributed by atoms with Crippen molar-refractivity contribution >= 4 is 77.7 Å². The van der Waals surface area contributed by atoms with Gasteiger partial charge >= 0.3 is 0 Å². The summed E-state index contributed by atoms with van der Waals surface area (Å²) in [7, 11) is 0. The van der Waals surface area contributed by atoms with E-state index in [1.165, 1.54) is 77.0 Å². The molecule has 0 saturated heterocycles. The van der Waals surface area contributed by atoms with Crippen molar-refractivity contribution in [3.05, 3.63) is 277 Å². The summed E-state index contributed by atoms with van der Waals surface area (Å²) in [6.07, 6.45) is 0. The average Bonchev–Trinajstić information content (AvgIpc) is 1.74. The van der Waals surface area contributed by atoms with Crippen LogP contribution >= 0.6 is 0 Å². The molecule has 0 N–H and O–H groups in total. The van der Waals surface area contributed by atoms with E-state index >= 15 is 0 Å². The SMILES string of the molecule is CC(C)(C)c1ccc2c(c1)c1cc(C(C)(C)C)ccc1n2-c1ccc(-c2ccc(N(c3ccccc3)c3cccc(N(c4ccccc4)c4ccc(-c5ccc(-n6c7ccc(C(C)(C)C)cc7c7cc(C(C)(C)C)ccc76)cc5)cc4)c3)cc2)cc1.